The molecule has 3 nitrogen and oxygen atoms in total. The lowest BCUT2D eigenvalue weighted by Crippen LogP contribution is -2.05. The number of nitrogens with one attached hydrogen (secondary N) is 1. The van der Waals surface area contributed by atoms with E-state index < -0.39 is 0 Å². The molecule has 0 radical (unpaired) electrons. The zero-order chi connectivity index (χ0) is 14.5. The Balaban J connectivity index is 2.42. The first kappa shape index (κ1) is 14.5. The number of nitrogens with zero attached hydrogens (tertiary/aromatic N) is 2. The third-order valence-corrected chi connectivity index (χ3v) is 3.32. The predicted octanol–water partition coefficient (Wildman–Crippen LogP) is 4.26. The highest BCUT2D eigenvalue weighted by molar-refractivity contribution is 5.58. The molecule has 1 N–H and O–H groups in total. The molecule has 0 aliphatic rings. The van der Waals surface area contributed by atoms with E-state index in [0.717, 1.165) is 35.9 Å². The van der Waals surface area contributed by atoms with Crippen molar-refractivity contribution in [1.82, 2.24) is 9.97 Å². The van der Waals surface area contributed by atoms with Gasteiger partial charge < -0.3 is 5.32 Å². The Morgan fingerprint density at radius 1 is 1.05 bits per heavy atom. The van der Waals surface area contributed by atoms with Gasteiger partial charge in [-0.3, -0.25) is 0 Å². The van der Waals surface area contributed by atoms with E-state index in [2.05, 4.69) is 67.2 Å². The second kappa shape index (κ2) is 6.51. The van der Waals surface area contributed by atoms with Crippen LogP contribution in [0.4, 0.5) is 5.82 Å². The highest BCUT2D eigenvalue weighted by Crippen LogP contribution is 2.22. The van der Waals surface area contributed by atoms with Crippen LogP contribution in [-0.4, -0.2) is 16.5 Å². The maximum Gasteiger partial charge on any atom is 0.161 e. The quantitative estimate of drug-likeness (QED) is 0.881. The molecule has 20 heavy (non-hydrogen) atoms. The summed E-state index contributed by atoms with van der Waals surface area (Å²) in [5.41, 5.74) is 3.48. The van der Waals surface area contributed by atoms with Crippen LogP contribution in [0.1, 0.15) is 44.9 Å². The Labute approximate surface area is 121 Å². The summed E-state index contributed by atoms with van der Waals surface area (Å²) in [5, 5.41) is 3.28. The molecule has 3 heteroatoms. The number of anilines is 1. The summed E-state index contributed by atoms with van der Waals surface area (Å²) < 4.78 is 0. The lowest BCUT2D eigenvalue weighted by Gasteiger charge is -2.11. The number of hydrogen-bond acceptors (Lipinski definition) is 3. The Bertz CT molecular complexity index is 559. The van der Waals surface area contributed by atoms with E-state index in [-0.39, 0.29) is 0 Å². The molecule has 0 spiro atoms. The lowest BCUT2D eigenvalue weighted by molar-refractivity contribution is 0.817. The van der Waals surface area contributed by atoms with Crippen LogP contribution in [0, 0.1) is 0 Å². The third kappa shape index (κ3) is 3.35. The summed E-state index contributed by atoms with van der Waals surface area (Å²) >= 11 is 0. The molecule has 0 unspecified atom stereocenters. The van der Waals surface area contributed by atoms with Crippen LogP contribution in [0.5, 0.6) is 0 Å². The van der Waals surface area contributed by atoms with Crippen LogP contribution >= 0.6 is 0 Å². The normalized spacial score (nSPS) is 10.8. The molecule has 0 fully saturated rings. The van der Waals surface area contributed by atoms with Gasteiger partial charge in [-0.2, -0.15) is 0 Å². The van der Waals surface area contributed by atoms with Crippen LogP contribution in [0.15, 0.2) is 30.3 Å². The minimum Gasteiger partial charge on any atom is -0.370 e. The van der Waals surface area contributed by atoms with E-state index in [9.17, 15) is 0 Å². The van der Waals surface area contributed by atoms with Gasteiger partial charge in [-0.1, -0.05) is 45.0 Å². The van der Waals surface area contributed by atoms with E-state index in [4.69, 9.17) is 0 Å². The SMILES string of the molecule is CCNc1cc(C(C)C)nc(-c2ccc(CC)cc2)n1. The van der Waals surface area contributed by atoms with Crippen LogP contribution in [0.25, 0.3) is 11.4 Å². The van der Waals surface area contributed by atoms with Gasteiger partial charge in [0.05, 0.1) is 0 Å². The molecule has 0 saturated heterocycles. The second-order valence-electron chi connectivity index (χ2n) is 5.24. The molecule has 0 aliphatic carbocycles. The fourth-order valence-electron chi connectivity index (χ4n) is 2.05. The standard InChI is InChI=1S/C17H23N3/c1-5-13-7-9-14(10-8-13)17-19-15(12(3)4)11-16(20-17)18-6-2/h7-12H,5-6H2,1-4H3,(H,18,19,20). The zero-order valence-electron chi connectivity index (χ0n) is 12.8. The van der Waals surface area contributed by atoms with Gasteiger partial charge >= 0.3 is 0 Å². The summed E-state index contributed by atoms with van der Waals surface area (Å²) in [7, 11) is 0. The van der Waals surface area contributed by atoms with Crippen molar-refractivity contribution in [3.05, 3.63) is 41.6 Å². The second-order valence-corrected chi connectivity index (χ2v) is 5.24. The average Bonchev–Trinajstić information content (AvgIpc) is 2.47. The summed E-state index contributed by atoms with van der Waals surface area (Å²) in [4.78, 5) is 9.30. The van der Waals surface area contributed by atoms with E-state index >= 15 is 0 Å². The summed E-state index contributed by atoms with van der Waals surface area (Å²) in [6.07, 6.45) is 1.05. The van der Waals surface area contributed by atoms with Crippen LogP contribution < -0.4 is 5.32 Å². The van der Waals surface area contributed by atoms with E-state index in [1.54, 1.807) is 0 Å². The average molecular weight is 269 g/mol. The van der Waals surface area contributed by atoms with Crippen molar-refractivity contribution >= 4 is 5.82 Å². The van der Waals surface area contributed by atoms with Gasteiger partial charge in [0.2, 0.25) is 0 Å². The number of hydrogen-bond donors (Lipinski definition) is 1. The van der Waals surface area contributed by atoms with Gasteiger partial charge in [0, 0.05) is 23.9 Å². The number of rotatable bonds is 5. The van der Waals surface area contributed by atoms with Crippen molar-refractivity contribution in [2.45, 2.75) is 40.0 Å². The fourth-order valence-corrected chi connectivity index (χ4v) is 2.05. The van der Waals surface area contributed by atoms with Crippen LogP contribution in [-0.2, 0) is 6.42 Å². The fraction of sp³-hybridized carbons (Fsp3) is 0.412. The predicted molar refractivity (Wildman–Crippen MR) is 85.1 cm³/mol. The van der Waals surface area contributed by atoms with E-state index in [0.29, 0.717) is 5.92 Å². The molecule has 2 aromatic rings. The molecule has 1 aromatic carbocycles. The van der Waals surface area contributed by atoms with Gasteiger partial charge in [0.15, 0.2) is 5.82 Å². The minimum absolute atomic E-state index is 0.393. The highest BCUT2D eigenvalue weighted by Gasteiger charge is 2.09. The molecule has 0 aliphatic heterocycles. The number of benzene rings is 1. The van der Waals surface area contributed by atoms with Gasteiger partial charge in [0.1, 0.15) is 5.82 Å². The third-order valence-electron chi connectivity index (χ3n) is 3.32. The smallest absolute Gasteiger partial charge is 0.161 e. The molecule has 0 atom stereocenters. The maximum atomic E-state index is 4.69. The Kier molecular flexibility index (Phi) is 4.72. The molecule has 2 rings (SSSR count). The number of aromatic nitrogens is 2. The Morgan fingerprint density at radius 3 is 2.30 bits per heavy atom. The van der Waals surface area contributed by atoms with Gasteiger partial charge in [-0.05, 0) is 24.8 Å². The van der Waals surface area contributed by atoms with Crippen molar-refractivity contribution < 1.29 is 0 Å². The molecule has 1 heterocycles. The van der Waals surface area contributed by atoms with Crippen molar-refractivity contribution in [2.75, 3.05) is 11.9 Å². The first-order valence-corrected chi connectivity index (χ1v) is 7.36. The topological polar surface area (TPSA) is 37.8 Å². The van der Waals surface area contributed by atoms with Gasteiger partial charge in [-0.15, -0.1) is 0 Å². The van der Waals surface area contributed by atoms with Crippen molar-refractivity contribution in [3.8, 4) is 11.4 Å². The zero-order valence-corrected chi connectivity index (χ0v) is 12.8. The summed E-state index contributed by atoms with van der Waals surface area (Å²) in [6.45, 7) is 9.41. The highest BCUT2D eigenvalue weighted by atomic mass is 15.0. The Hall–Kier alpha value is -1.90. The van der Waals surface area contributed by atoms with Gasteiger partial charge in [0.25, 0.3) is 0 Å². The minimum atomic E-state index is 0.393. The molecule has 0 bridgehead atoms. The van der Waals surface area contributed by atoms with Crippen molar-refractivity contribution in [2.24, 2.45) is 0 Å². The molecular formula is C17H23N3. The lowest BCUT2D eigenvalue weighted by atomic mass is 10.1. The molecular weight excluding hydrogens is 246 g/mol. The van der Waals surface area contributed by atoms with E-state index in [1.807, 2.05) is 6.07 Å². The molecule has 1 aromatic heterocycles. The van der Waals surface area contributed by atoms with Crippen LogP contribution in [0.3, 0.4) is 0 Å². The Morgan fingerprint density at radius 2 is 1.75 bits per heavy atom. The van der Waals surface area contributed by atoms with Crippen LogP contribution in [0.2, 0.25) is 0 Å². The first-order valence-electron chi connectivity index (χ1n) is 7.36. The van der Waals surface area contributed by atoms with Crippen molar-refractivity contribution in [1.29, 1.82) is 0 Å². The monoisotopic (exact) mass is 269 g/mol. The molecule has 0 saturated carbocycles. The van der Waals surface area contributed by atoms with Gasteiger partial charge in [-0.25, -0.2) is 9.97 Å². The summed E-state index contributed by atoms with van der Waals surface area (Å²) in [5.74, 6) is 2.10. The van der Waals surface area contributed by atoms with E-state index in [1.165, 1.54) is 5.56 Å². The van der Waals surface area contributed by atoms with Crippen molar-refractivity contribution in [3.63, 3.8) is 0 Å². The number of aryl methyl sites for hydroxylation is 1. The molecule has 0 amide bonds. The maximum absolute atomic E-state index is 4.69. The first-order chi connectivity index (χ1) is 9.63. The summed E-state index contributed by atoms with van der Waals surface area (Å²) in [6, 6.07) is 10.5. The molecule has 106 valence electrons. The largest absolute Gasteiger partial charge is 0.370 e.